The van der Waals surface area contributed by atoms with E-state index in [2.05, 4.69) is 50.7 Å². The van der Waals surface area contributed by atoms with Gasteiger partial charge in [0, 0.05) is 11.8 Å². The summed E-state index contributed by atoms with van der Waals surface area (Å²) in [6.45, 7) is 22.0. The number of anilines is 1. The molecule has 0 aliphatic heterocycles. The van der Waals surface area contributed by atoms with Gasteiger partial charge in [-0.25, -0.2) is 4.79 Å². The quantitative estimate of drug-likeness (QED) is 0.147. The number of carbonyl (C=O) groups excluding carboxylic acids is 1. The highest BCUT2D eigenvalue weighted by atomic mass is 31.2. The molecular formula is C29H46N3O7PSi. The van der Waals surface area contributed by atoms with Crippen LogP contribution >= 0.6 is 7.60 Å². The van der Waals surface area contributed by atoms with Gasteiger partial charge in [-0.05, 0) is 61.7 Å². The molecule has 1 aromatic carbocycles. The van der Waals surface area contributed by atoms with Crippen molar-refractivity contribution in [1.29, 1.82) is 0 Å². The van der Waals surface area contributed by atoms with Crippen LogP contribution in [0.2, 0.25) is 18.1 Å². The first-order valence-electron chi connectivity index (χ1n) is 13.6. The summed E-state index contributed by atoms with van der Waals surface area (Å²) in [5.74, 6) is -0.269. The minimum Gasteiger partial charge on any atom is -0.414 e. The van der Waals surface area contributed by atoms with Gasteiger partial charge >= 0.3 is 13.3 Å². The molecular weight excluding hydrogens is 561 g/mol. The van der Waals surface area contributed by atoms with E-state index < -0.39 is 39.6 Å². The van der Waals surface area contributed by atoms with E-state index >= 15 is 0 Å². The molecule has 0 bridgehead atoms. The highest BCUT2D eigenvalue weighted by Gasteiger charge is 2.38. The maximum atomic E-state index is 13.1. The van der Waals surface area contributed by atoms with Gasteiger partial charge in [-0.1, -0.05) is 59.4 Å². The van der Waals surface area contributed by atoms with Crippen LogP contribution in [0.5, 0.6) is 0 Å². The average Bonchev–Trinajstić information content (AvgIpc) is 2.84. The molecule has 0 saturated carbocycles. The summed E-state index contributed by atoms with van der Waals surface area (Å²) < 4.78 is 31.5. The van der Waals surface area contributed by atoms with Crippen LogP contribution in [0, 0.1) is 5.92 Å². The van der Waals surface area contributed by atoms with Crippen molar-refractivity contribution in [2.75, 3.05) is 24.9 Å². The highest BCUT2D eigenvalue weighted by molar-refractivity contribution is 7.52. The van der Waals surface area contributed by atoms with E-state index in [4.69, 9.17) is 13.7 Å². The number of aromatic nitrogens is 2. The number of hydrogen-bond acceptors (Lipinski definition) is 7. The van der Waals surface area contributed by atoms with Crippen molar-refractivity contribution in [2.24, 2.45) is 5.92 Å². The molecule has 0 radical (unpaired) electrons. The van der Waals surface area contributed by atoms with Crippen LogP contribution in [0.25, 0.3) is 0 Å². The molecule has 10 nitrogen and oxygen atoms in total. The Bertz CT molecular complexity index is 1300. The first-order chi connectivity index (χ1) is 18.8. The number of benzene rings is 1. The Morgan fingerprint density at radius 2 is 1.76 bits per heavy atom. The monoisotopic (exact) mass is 607 g/mol. The highest BCUT2D eigenvalue weighted by Crippen LogP contribution is 2.48. The Balaban J connectivity index is 2.24. The number of amides is 1. The van der Waals surface area contributed by atoms with Gasteiger partial charge in [-0.2, -0.15) is 4.98 Å². The van der Waals surface area contributed by atoms with Crippen molar-refractivity contribution < 1.29 is 27.9 Å². The van der Waals surface area contributed by atoms with Gasteiger partial charge in [0.25, 0.3) is 5.91 Å². The third kappa shape index (κ3) is 10.1. The molecule has 228 valence electrons. The standard InChI is InChI=1S/C29H46N3O7PSi/c1-21(2)29(7,8)39-40(35,36)20-37-18-22(3)24(19-38-41(9,10)28(4,5)6)32-17-16-25(31-27(32)34)30-26(33)23-14-12-11-13-15-23/h11-17,21,24H,3,18-20H2,1-2,4-10H3,(H,35,36)(H,30,31,33,34). The predicted octanol–water partition coefficient (Wildman–Crippen LogP) is 6.23. The minimum absolute atomic E-state index is 0.00892. The fourth-order valence-electron chi connectivity index (χ4n) is 3.28. The largest absolute Gasteiger partial charge is 0.414 e. The molecule has 1 heterocycles. The number of hydrogen-bond donors (Lipinski definition) is 2. The molecule has 2 atom stereocenters. The maximum absolute atomic E-state index is 13.1. The number of ether oxygens (including phenoxy) is 1. The Kier molecular flexibility index (Phi) is 11.6. The Hall–Kier alpha value is -2.40. The Labute approximate surface area is 244 Å². The van der Waals surface area contributed by atoms with Crippen molar-refractivity contribution in [3.05, 3.63) is 70.8 Å². The zero-order valence-electron chi connectivity index (χ0n) is 25.8. The van der Waals surface area contributed by atoms with Crippen molar-refractivity contribution in [1.82, 2.24) is 9.55 Å². The molecule has 41 heavy (non-hydrogen) atoms. The number of carbonyl (C=O) groups is 1. The van der Waals surface area contributed by atoms with Crippen LogP contribution in [0.4, 0.5) is 5.82 Å². The van der Waals surface area contributed by atoms with Gasteiger partial charge in [0.05, 0.1) is 24.9 Å². The van der Waals surface area contributed by atoms with Gasteiger partial charge in [-0.3, -0.25) is 13.9 Å². The molecule has 0 fully saturated rings. The van der Waals surface area contributed by atoms with Gasteiger partial charge in [0.1, 0.15) is 12.2 Å². The summed E-state index contributed by atoms with van der Waals surface area (Å²) >= 11 is 0. The molecule has 0 aliphatic rings. The first kappa shape index (κ1) is 34.8. The summed E-state index contributed by atoms with van der Waals surface area (Å²) in [4.78, 5) is 40.1. The molecule has 12 heteroatoms. The number of nitrogens with one attached hydrogen (secondary N) is 1. The van der Waals surface area contributed by atoms with E-state index in [-0.39, 0.29) is 35.9 Å². The van der Waals surface area contributed by atoms with E-state index in [0.717, 1.165) is 0 Å². The van der Waals surface area contributed by atoms with Crippen LogP contribution in [0.3, 0.4) is 0 Å². The van der Waals surface area contributed by atoms with E-state index in [0.29, 0.717) is 11.1 Å². The molecule has 1 amide bonds. The second kappa shape index (κ2) is 13.7. The summed E-state index contributed by atoms with van der Waals surface area (Å²) in [7, 11) is -6.27. The van der Waals surface area contributed by atoms with Crippen molar-refractivity contribution in [2.45, 2.75) is 78.2 Å². The van der Waals surface area contributed by atoms with E-state index in [9.17, 15) is 19.0 Å². The van der Waals surface area contributed by atoms with Crippen LogP contribution < -0.4 is 11.0 Å². The van der Waals surface area contributed by atoms with Gasteiger partial charge in [0.2, 0.25) is 0 Å². The lowest BCUT2D eigenvalue weighted by Gasteiger charge is -2.37. The molecule has 2 rings (SSSR count). The average molecular weight is 608 g/mol. The number of rotatable bonds is 14. The van der Waals surface area contributed by atoms with E-state index in [1.54, 1.807) is 44.2 Å². The van der Waals surface area contributed by atoms with Crippen molar-refractivity contribution >= 4 is 27.6 Å². The van der Waals surface area contributed by atoms with Crippen LogP contribution in [-0.2, 0) is 18.3 Å². The second-order valence-electron chi connectivity index (χ2n) is 12.5. The smallest absolute Gasteiger partial charge is 0.354 e. The molecule has 1 aromatic heterocycles. The zero-order chi connectivity index (χ0) is 31.2. The molecule has 0 spiro atoms. The molecule has 2 unspecified atom stereocenters. The summed E-state index contributed by atoms with van der Waals surface area (Å²) in [5, 5.41) is 2.57. The van der Waals surface area contributed by atoms with Gasteiger partial charge < -0.3 is 23.9 Å². The lowest BCUT2D eigenvalue weighted by molar-refractivity contribution is 0.0366. The SMILES string of the molecule is C=C(COCP(=O)(O)OC(C)(C)C(C)C)C(CO[Si](C)(C)C(C)(C)C)n1ccc(NC(=O)c2ccccc2)nc1=O. The normalized spacial score (nSPS) is 14.9. The van der Waals surface area contributed by atoms with Crippen molar-refractivity contribution in [3.63, 3.8) is 0 Å². The van der Waals surface area contributed by atoms with Crippen LogP contribution in [0.1, 0.15) is 64.9 Å². The van der Waals surface area contributed by atoms with E-state index in [1.165, 1.54) is 16.8 Å². The van der Waals surface area contributed by atoms with Crippen molar-refractivity contribution in [3.8, 4) is 0 Å². The topological polar surface area (TPSA) is 129 Å². The van der Waals surface area contributed by atoms with E-state index in [1.807, 2.05) is 13.8 Å². The zero-order valence-corrected chi connectivity index (χ0v) is 27.7. The lowest BCUT2D eigenvalue weighted by Crippen LogP contribution is -2.43. The summed E-state index contributed by atoms with van der Waals surface area (Å²) in [6, 6.07) is 9.47. The minimum atomic E-state index is -4.05. The molecule has 0 aliphatic carbocycles. The first-order valence-corrected chi connectivity index (χ1v) is 18.3. The molecule has 2 N–H and O–H groups in total. The third-order valence-corrected chi connectivity index (χ3v) is 13.4. The van der Waals surface area contributed by atoms with Gasteiger partial charge in [-0.15, -0.1) is 0 Å². The Morgan fingerprint density at radius 3 is 2.29 bits per heavy atom. The lowest BCUT2D eigenvalue weighted by atomic mass is 9.95. The predicted molar refractivity (Wildman–Crippen MR) is 165 cm³/mol. The second-order valence-corrected chi connectivity index (χ2v) is 19.1. The van der Waals surface area contributed by atoms with Crippen LogP contribution in [0.15, 0.2) is 59.5 Å². The summed E-state index contributed by atoms with van der Waals surface area (Å²) in [5.41, 5.74) is -0.542. The summed E-state index contributed by atoms with van der Waals surface area (Å²) in [6.07, 6.45) is 0.988. The van der Waals surface area contributed by atoms with Crippen LogP contribution in [-0.4, -0.2) is 53.8 Å². The third-order valence-electron chi connectivity index (χ3n) is 7.63. The molecule has 2 aromatic rings. The van der Waals surface area contributed by atoms with Gasteiger partial charge in [0.15, 0.2) is 8.32 Å². The fraction of sp³-hybridized carbons (Fsp3) is 0.552. The molecule has 0 saturated heterocycles. The Morgan fingerprint density at radius 1 is 1.15 bits per heavy atom. The number of nitrogens with zero attached hydrogens (tertiary/aromatic N) is 2. The maximum Gasteiger partial charge on any atom is 0.354 e. The fourth-order valence-corrected chi connectivity index (χ4v) is 5.61.